The predicted molar refractivity (Wildman–Crippen MR) is 183 cm³/mol. The summed E-state index contributed by atoms with van der Waals surface area (Å²) in [6.45, 7) is 4.09. The van der Waals surface area contributed by atoms with Gasteiger partial charge in [0.25, 0.3) is 5.56 Å². The van der Waals surface area contributed by atoms with Gasteiger partial charge in [0.1, 0.15) is 12.4 Å². The number of halogens is 2. The number of hydrogen-bond acceptors (Lipinski definition) is 8. The molecular weight excluding hydrogens is 794 g/mol. The van der Waals surface area contributed by atoms with Crippen molar-refractivity contribution in [3.05, 3.63) is 115 Å². The maximum Gasteiger partial charge on any atom is 0.338 e. The van der Waals surface area contributed by atoms with Crippen LogP contribution in [0.1, 0.15) is 36.6 Å². The third kappa shape index (κ3) is 6.68. The first-order valence-electron chi connectivity index (χ1n) is 13.3. The zero-order valence-electron chi connectivity index (χ0n) is 23.9. The Kier molecular flexibility index (Phi) is 9.92. The van der Waals surface area contributed by atoms with Crippen molar-refractivity contribution in [2.75, 3.05) is 20.8 Å². The van der Waals surface area contributed by atoms with Gasteiger partial charge in [0.2, 0.25) is 0 Å². The van der Waals surface area contributed by atoms with E-state index in [1.54, 1.807) is 44.8 Å². The number of carbonyl (C=O) groups is 1. The van der Waals surface area contributed by atoms with Gasteiger partial charge >= 0.3 is 5.97 Å². The molecule has 0 saturated heterocycles. The number of ether oxygens (including phenoxy) is 4. The van der Waals surface area contributed by atoms with Crippen molar-refractivity contribution in [3.63, 3.8) is 0 Å². The maximum absolute atomic E-state index is 14.0. The van der Waals surface area contributed by atoms with Gasteiger partial charge in [-0.2, -0.15) is 0 Å². The van der Waals surface area contributed by atoms with Crippen LogP contribution in [-0.4, -0.2) is 31.4 Å². The number of esters is 1. The third-order valence-corrected chi connectivity index (χ3v) is 9.27. The largest absolute Gasteiger partial charge is 0.493 e. The highest BCUT2D eigenvalue weighted by atomic mass is 127. The Hall–Kier alpha value is -3.17. The Labute approximate surface area is 279 Å². The number of fused-ring (bicyclic) bond motifs is 1. The number of allylic oxidation sites excluding steroid dienone is 1. The molecule has 4 aromatic rings. The molecule has 0 spiro atoms. The molecule has 1 aliphatic heterocycles. The van der Waals surface area contributed by atoms with Crippen LogP contribution >= 0.6 is 56.5 Å². The zero-order chi connectivity index (χ0) is 30.7. The van der Waals surface area contributed by atoms with E-state index in [1.807, 2.05) is 48.5 Å². The van der Waals surface area contributed by atoms with Crippen LogP contribution in [0.2, 0.25) is 0 Å². The molecule has 43 heavy (non-hydrogen) atoms. The molecule has 8 nitrogen and oxygen atoms in total. The fraction of sp³-hybridized carbons (Fsp3) is 0.219. The van der Waals surface area contributed by atoms with Gasteiger partial charge in [0, 0.05) is 3.57 Å². The number of rotatable bonds is 9. The first kappa shape index (κ1) is 31.3. The van der Waals surface area contributed by atoms with Crippen molar-refractivity contribution >= 4 is 68.6 Å². The summed E-state index contributed by atoms with van der Waals surface area (Å²) in [5.74, 6) is 1.33. The minimum absolute atomic E-state index is 0.196. The molecule has 5 rings (SSSR count). The van der Waals surface area contributed by atoms with E-state index in [0.29, 0.717) is 44.3 Å². The number of hydrogen-bond donors (Lipinski definition) is 0. The minimum atomic E-state index is -0.756. The van der Waals surface area contributed by atoms with Crippen LogP contribution in [0.3, 0.4) is 0 Å². The molecule has 222 valence electrons. The molecule has 0 fully saturated rings. The molecule has 1 aromatic heterocycles. The van der Waals surface area contributed by atoms with Crippen LogP contribution in [0.4, 0.5) is 0 Å². The second-order valence-corrected chi connectivity index (χ2v) is 12.9. The Balaban J connectivity index is 1.56. The van der Waals surface area contributed by atoms with E-state index in [4.69, 9.17) is 18.9 Å². The summed E-state index contributed by atoms with van der Waals surface area (Å²) in [5.41, 5.74) is 3.04. The van der Waals surface area contributed by atoms with Gasteiger partial charge in [-0.3, -0.25) is 9.36 Å². The van der Waals surface area contributed by atoms with Crippen LogP contribution in [0.25, 0.3) is 6.08 Å². The number of methoxy groups -OCH3 is 2. The molecule has 0 bridgehead atoms. The van der Waals surface area contributed by atoms with Gasteiger partial charge in [0.05, 0.1) is 46.2 Å². The normalized spacial score (nSPS) is 14.7. The Morgan fingerprint density at radius 1 is 1.02 bits per heavy atom. The monoisotopic (exact) mass is 822 g/mol. The van der Waals surface area contributed by atoms with Crippen LogP contribution in [0.5, 0.6) is 17.2 Å². The van der Waals surface area contributed by atoms with Crippen LogP contribution in [0, 0.1) is 7.14 Å². The second-order valence-electron chi connectivity index (χ2n) is 9.53. The topological polar surface area (TPSA) is 88.4 Å². The van der Waals surface area contributed by atoms with E-state index < -0.39 is 12.0 Å². The van der Waals surface area contributed by atoms with E-state index in [0.717, 1.165) is 24.0 Å². The minimum Gasteiger partial charge on any atom is -0.493 e. The molecule has 0 N–H and O–H groups in total. The van der Waals surface area contributed by atoms with Gasteiger partial charge in [-0.15, -0.1) is 0 Å². The molecule has 11 heteroatoms. The summed E-state index contributed by atoms with van der Waals surface area (Å²) in [6, 6.07) is 18.5. The first-order chi connectivity index (χ1) is 20.7. The third-order valence-electron chi connectivity index (χ3n) is 6.78. The van der Waals surface area contributed by atoms with E-state index >= 15 is 0 Å². The fourth-order valence-electron chi connectivity index (χ4n) is 4.81. The average Bonchev–Trinajstić information content (AvgIpc) is 3.29. The van der Waals surface area contributed by atoms with Crippen molar-refractivity contribution in [2.24, 2.45) is 4.99 Å². The number of benzene rings is 3. The van der Waals surface area contributed by atoms with Crippen molar-refractivity contribution in [1.82, 2.24) is 4.57 Å². The molecule has 0 aliphatic carbocycles. The molecule has 1 atom stereocenters. The molecule has 1 aliphatic rings. The average molecular weight is 822 g/mol. The lowest BCUT2D eigenvalue weighted by Gasteiger charge is -2.25. The summed E-state index contributed by atoms with van der Waals surface area (Å²) in [7, 11) is 3.10. The van der Waals surface area contributed by atoms with Crippen LogP contribution in [0.15, 0.2) is 81.7 Å². The van der Waals surface area contributed by atoms with Gasteiger partial charge in [-0.05, 0) is 118 Å². The van der Waals surface area contributed by atoms with Gasteiger partial charge in [0.15, 0.2) is 16.3 Å². The first-order valence-corrected chi connectivity index (χ1v) is 16.3. The van der Waals surface area contributed by atoms with Crippen molar-refractivity contribution < 1.29 is 23.7 Å². The van der Waals surface area contributed by atoms with E-state index in [1.165, 1.54) is 11.3 Å². The SMILES string of the molecule is CCOC(=O)C1=C(C)N=c2s/c(=C\c3cccc(COc4ccc(I)cc4I)c3)c(=O)n2[C@H]1c1ccc(OC)c(OC)c1. The molecule has 0 radical (unpaired) electrons. The smallest absolute Gasteiger partial charge is 0.338 e. The van der Waals surface area contributed by atoms with Crippen molar-refractivity contribution in [3.8, 4) is 17.2 Å². The molecule has 3 aromatic carbocycles. The van der Waals surface area contributed by atoms with Crippen molar-refractivity contribution in [1.29, 1.82) is 0 Å². The van der Waals surface area contributed by atoms with Crippen LogP contribution < -0.4 is 29.1 Å². The number of aromatic nitrogens is 1. The maximum atomic E-state index is 14.0. The standard InChI is InChI=1S/C32H28I2N2O6S/c1-5-41-31(38)28-18(2)35-32-36(29(28)21-9-11-25(39-3)26(15-21)40-4)30(37)27(43-32)14-19-7-6-8-20(13-19)17-42-24-12-10-22(33)16-23(24)34/h6-16,29H,5,17H2,1-4H3/b27-14-/t29-/m0/s1. The number of carbonyl (C=O) groups excluding carboxylic acids is 1. The lowest BCUT2D eigenvalue weighted by Crippen LogP contribution is -2.40. The molecule has 0 unspecified atom stereocenters. The lowest BCUT2D eigenvalue weighted by atomic mass is 9.95. The molecule has 2 heterocycles. The summed E-state index contributed by atoms with van der Waals surface area (Å²) in [4.78, 5) is 32.4. The fourth-order valence-corrected chi connectivity index (χ4v) is 7.61. The summed E-state index contributed by atoms with van der Waals surface area (Å²) in [5, 5.41) is 0. The second kappa shape index (κ2) is 13.6. The Morgan fingerprint density at radius 3 is 2.51 bits per heavy atom. The van der Waals surface area contributed by atoms with Crippen LogP contribution in [-0.2, 0) is 16.1 Å². The van der Waals surface area contributed by atoms with Crippen molar-refractivity contribution in [2.45, 2.75) is 26.5 Å². The summed E-state index contributed by atoms with van der Waals surface area (Å²) >= 11 is 5.82. The predicted octanol–water partition coefficient (Wildman–Crippen LogP) is 5.60. The molecule has 0 saturated carbocycles. The Bertz CT molecular complexity index is 1910. The van der Waals surface area contributed by atoms with E-state index in [-0.39, 0.29) is 12.2 Å². The zero-order valence-corrected chi connectivity index (χ0v) is 29.0. The summed E-state index contributed by atoms with van der Waals surface area (Å²) < 4.78 is 26.6. The quantitative estimate of drug-likeness (QED) is 0.162. The van der Waals surface area contributed by atoms with E-state index in [2.05, 4.69) is 56.2 Å². The highest BCUT2D eigenvalue weighted by Gasteiger charge is 2.34. The highest BCUT2D eigenvalue weighted by Crippen LogP contribution is 2.36. The van der Waals surface area contributed by atoms with Gasteiger partial charge in [-0.25, -0.2) is 9.79 Å². The molecule has 0 amide bonds. The highest BCUT2D eigenvalue weighted by molar-refractivity contribution is 14.1. The number of nitrogens with zero attached hydrogens (tertiary/aromatic N) is 2. The van der Waals surface area contributed by atoms with E-state index in [9.17, 15) is 9.59 Å². The lowest BCUT2D eigenvalue weighted by molar-refractivity contribution is -0.139. The Morgan fingerprint density at radius 2 is 1.79 bits per heavy atom. The van der Waals surface area contributed by atoms with Gasteiger partial charge < -0.3 is 18.9 Å². The van der Waals surface area contributed by atoms with Gasteiger partial charge in [-0.1, -0.05) is 35.6 Å². The molecular formula is C32H28I2N2O6S. The number of thiazole rings is 1. The summed E-state index contributed by atoms with van der Waals surface area (Å²) in [6.07, 6.45) is 1.84.